The van der Waals surface area contributed by atoms with Crippen LogP contribution in [0.25, 0.3) is 0 Å². The van der Waals surface area contributed by atoms with Gasteiger partial charge in [0, 0.05) is 25.3 Å². The lowest BCUT2D eigenvalue weighted by Crippen LogP contribution is -2.14. The molecule has 0 unspecified atom stereocenters. The van der Waals surface area contributed by atoms with Gasteiger partial charge in [-0.2, -0.15) is 0 Å². The van der Waals surface area contributed by atoms with E-state index in [9.17, 15) is 0 Å². The summed E-state index contributed by atoms with van der Waals surface area (Å²) in [5, 5.41) is 3.35. The van der Waals surface area contributed by atoms with E-state index in [0.29, 0.717) is 0 Å². The van der Waals surface area contributed by atoms with Gasteiger partial charge in [-0.3, -0.25) is 0 Å². The molecule has 88 valence electrons. The van der Waals surface area contributed by atoms with Crippen molar-refractivity contribution in [2.45, 2.75) is 26.3 Å². The van der Waals surface area contributed by atoms with Gasteiger partial charge in [0.25, 0.3) is 0 Å². The van der Waals surface area contributed by atoms with Gasteiger partial charge < -0.3 is 14.5 Å². The van der Waals surface area contributed by atoms with E-state index in [0.717, 1.165) is 39.1 Å². The van der Waals surface area contributed by atoms with Gasteiger partial charge in [0.15, 0.2) is 0 Å². The molecule has 0 aliphatic rings. The number of unbranched alkanes of at least 4 members (excludes halogenated alkanes) is 1. The highest BCUT2D eigenvalue weighted by Gasteiger charge is 1.93. The van der Waals surface area contributed by atoms with Gasteiger partial charge in [-0.15, -0.1) is 12.4 Å². The standard InChI is InChI=1S/C11H19NO2.ClH/c1-2-13-7-4-3-6-12-9-11-5-8-14-10-11;/h5,8,10,12H,2-4,6-7,9H2,1H3;1H. The van der Waals surface area contributed by atoms with Crippen LogP contribution in [0, 0.1) is 0 Å². The summed E-state index contributed by atoms with van der Waals surface area (Å²) >= 11 is 0. The Kier molecular flexibility index (Phi) is 9.68. The zero-order chi connectivity index (χ0) is 10.1. The van der Waals surface area contributed by atoms with Crippen LogP contribution in [0.3, 0.4) is 0 Å². The minimum atomic E-state index is 0. The maximum atomic E-state index is 5.24. The maximum absolute atomic E-state index is 5.24. The summed E-state index contributed by atoms with van der Waals surface area (Å²) in [7, 11) is 0. The Labute approximate surface area is 97.6 Å². The van der Waals surface area contributed by atoms with Crippen molar-refractivity contribution in [3.63, 3.8) is 0 Å². The molecule has 0 aliphatic heterocycles. The average molecular weight is 234 g/mol. The fourth-order valence-corrected chi connectivity index (χ4v) is 1.22. The van der Waals surface area contributed by atoms with E-state index >= 15 is 0 Å². The Hall–Kier alpha value is -0.510. The van der Waals surface area contributed by atoms with Gasteiger partial charge >= 0.3 is 0 Å². The zero-order valence-electron chi connectivity index (χ0n) is 9.20. The van der Waals surface area contributed by atoms with Gasteiger partial charge in [-0.25, -0.2) is 0 Å². The van der Waals surface area contributed by atoms with Crippen molar-refractivity contribution in [1.29, 1.82) is 0 Å². The molecule has 0 saturated heterocycles. The Morgan fingerprint density at radius 2 is 2.27 bits per heavy atom. The van der Waals surface area contributed by atoms with Crippen LogP contribution in [0.2, 0.25) is 0 Å². The molecule has 1 heterocycles. The molecule has 1 N–H and O–H groups in total. The summed E-state index contributed by atoms with van der Waals surface area (Å²) in [4.78, 5) is 0. The fraction of sp³-hybridized carbons (Fsp3) is 0.636. The van der Waals surface area contributed by atoms with Crippen LogP contribution in [0.1, 0.15) is 25.3 Å². The quantitative estimate of drug-likeness (QED) is 0.701. The zero-order valence-corrected chi connectivity index (χ0v) is 10.0. The molecule has 0 amide bonds. The second-order valence-electron chi connectivity index (χ2n) is 3.21. The minimum absolute atomic E-state index is 0. The molecule has 4 heteroatoms. The molecule has 0 atom stereocenters. The molecule has 0 bridgehead atoms. The van der Waals surface area contributed by atoms with E-state index in [1.165, 1.54) is 5.56 Å². The first-order chi connectivity index (χ1) is 6.93. The lowest BCUT2D eigenvalue weighted by molar-refractivity contribution is 0.143. The maximum Gasteiger partial charge on any atom is 0.0947 e. The molecular weight excluding hydrogens is 214 g/mol. The van der Waals surface area contributed by atoms with E-state index in [2.05, 4.69) is 5.32 Å². The average Bonchev–Trinajstić information content (AvgIpc) is 2.69. The normalized spacial score (nSPS) is 9.93. The van der Waals surface area contributed by atoms with Crippen LogP contribution < -0.4 is 5.32 Å². The first-order valence-corrected chi connectivity index (χ1v) is 5.23. The number of ether oxygens (including phenoxy) is 1. The fourth-order valence-electron chi connectivity index (χ4n) is 1.22. The Bertz CT molecular complexity index is 214. The van der Waals surface area contributed by atoms with Gasteiger partial charge in [-0.1, -0.05) is 0 Å². The third-order valence-electron chi connectivity index (χ3n) is 2.01. The summed E-state index contributed by atoms with van der Waals surface area (Å²) in [5.41, 5.74) is 1.20. The molecule has 1 aromatic heterocycles. The lowest BCUT2D eigenvalue weighted by Gasteiger charge is -2.03. The highest BCUT2D eigenvalue weighted by atomic mass is 35.5. The molecule has 0 radical (unpaired) electrons. The largest absolute Gasteiger partial charge is 0.472 e. The molecule has 15 heavy (non-hydrogen) atoms. The molecule has 0 saturated carbocycles. The molecule has 0 aromatic carbocycles. The summed E-state index contributed by atoms with van der Waals surface area (Å²) < 4.78 is 10.2. The Morgan fingerprint density at radius 1 is 1.40 bits per heavy atom. The first-order valence-electron chi connectivity index (χ1n) is 5.23. The van der Waals surface area contributed by atoms with Crippen molar-refractivity contribution in [3.8, 4) is 0 Å². The Morgan fingerprint density at radius 3 is 2.93 bits per heavy atom. The summed E-state index contributed by atoms with van der Waals surface area (Å²) in [5.74, 6) is 0. The predicted molar refractivity (Wildman–Crippen MR) is 63.4 cm³/mol. The van der Waals surface area contributed by atoms with Crippen molar-refractivity contribution in [3.05, 3.63) is 24.2 Å². The van der Waals surface area contributed by atoms with Crippen molar-refractivity contribution < 1.29 is 9.15 Å². The van der Waals surface area contributed by atoms with Crippen LogP contribution in [0.15, 0.2) is 23.0 Å². The van der Waals surface area contributed by atoms with E-state index in [4.69, 9.17) is 9.15 Å². The third-order valence-corrected chi connectivity index (χ3v) is 2.01. The molecular formula is C11H20ClNO2. The highest BCUT2D eigenvalue weighted by molar-refractivity contribution is 5.85. The molecule has 0 aliphatic carbocycles. The first kappa shape index (κ1) is 14.5. The van der Waals surface area contributed by atoms with Crippen LogP contribution in [0.4, 0.5) is 0 Å². The molecule has 0 fully saturated rings. The SMILES string of the molecule is CCOCCCCNCc1ccoc1.Cl. The summed E-state index contributed by atoms with van der Waals surface area (Å²) in [6.07, 6.45) is 5.77. The monoisotopic (exact) mass is 233 g/mol. The van der Waals surface area contributed by atoms with Crippen molar-refractivity contribution in [1.82, 2.24) is 5.32 Å². The molecule has 3 nitrogen and oxygen atoms in total. The second-order valence-corrected chi connectivity index (χ2v) is 3.21. The molecule has 1 rings (SSSR count). The van der Waals surface area contributed by atoms with Crippen LogP contribution >= 0.6 is 12.4 Å². The highest BCUT2D eigenvalue weighted by Crippen LogP contribution is 1.98. The van der Waals surface area contributed by atoms with E-state index in [-0.39, 0.29) is 12.4 Å². The number of nitrogens with one attached hydrogen (secondary N) is 1. The lowest BCUT2D eigenvalue weighted by atomic mass is 10.3. The van der Waals surface area contributed by atoms with E-state index in [1.54, 1.807) is 12.5 Å². The van der Waals surface area contributed by atoms with E-state index < -0.39 is 0 Å². The van der Waals surface area contributed by atoms with Gasteiger partial charge in [0.1, 0.15) is 0 Å². The second kappa shape index (κ2) is 10.0. The van der Waals surface area contributed by atoms with Crippen LogP contribution in [0.5, 0.6) is 0 Å². The third kappa shape index (κ3) is 7.42. The van der Waals surface area contributed by atoms with Crippen LogP contribution in [-0.2, 0) is 11.3 Å². The van der Waals surface area contributed by atoms with Crippen molar-refractivity contribution in [2.24, 2.45) is 0 Å². The number of furan rings is 1. The van der Waals surface area contributed by atoms with Gasteiger partial charge in [-0.05, 0) is 32.4 Å². The minimum Gasteiger partial charge on any atom is -0.472 e. The van der Waals surface area contributed by atoms with Crippen LogP contribution in [-0.4, -0.2) is 19.8 Å². The van der Waals surface area contributed by atoms with Crippen molar-refractivity contribution in [2.75, 3.05) is 19.8 Å². The number of hydrogen-bond acceptors (Lipinski definition) is 3. The predicted octanol–water partition coefficient (Wildman–Crippen LogP) is 2.61. The van der Waals surface area contributed by atoms with E-state index in [1.807, 2.05) is 13.0 Å². The Balaban J connectivity index is 0.00000196. The van der Waals surface area contributed by atoms with Gasteiger partial charge in [0.2, 0.25) is 0 Å². The summed E-state index contributed by atoms with van der Waals surface area (Å²) in [6, 6.07) is 1.98. The number of halogens is 1. The smallest absolute Gasteiger partial charge is 0.0947 e. The van der Waals surface area contributed by atoms with Gasteiger partial charge in [0.05, 0.1) is 12.5 Å². The molecule has 1 aromatic rings. The summed E-state index contributed by atoms with van der Waals surface area (Å²) in [6.45, 7) is 5.66. The molecule has 0 spiro atoms. The van der Waals surface area contributed by atoms with Crippen molar-refractivity contribution >= 4 is 12.4 Å². The number of hydrogen-bond donors (Lipinski definition) is 1. The number of rotatable bonds is 8. The topological polar surface area (TPSA) is 34.4 Å².